The standard InChI is InChI=1S/C14H18N2O/c1-11(17)5-3-9-15-13-7-2-8-14-12(13)6-4-10-16-14/h2,4,6-8,10-11,15,17H,3,5,9H2,1H3. The number of aromatic nitrogens is 1. The van der Waals surface area contributed by atoms with Crippen molar-refractivity contribution in [3.8, 4) is 0 Å². The zero-order chi connectivity index (χ0) is 12.1. The first-order valence-corrected chi connectivity index (χ1v) is 6.03. The van der Waals surface area contributed by atoms with Crippen LogP contribution < -0.4 is 5.32 Å². The van der Waals surface area contributed by atoms with Crippen molar-refractivity contribution < 1.29 is 5.11 Å². The van der Waals surface area contributed by atoms with Crippen LogP contribution in [-0.4, -0.2) is 22.7 Å². The fourth-order valence-electron chi connectivity index (χ4n) is 1.88. The molecule has 0 aliphatic carbocycles. The van der Waals surface area contributed by atoms with Crippen LogP contribution >= 0.6 is 0 Å². The highest BCUT2D eigenvalue weighted by atomic mass is 16.3. The maximum atomic E-state index is 9.18. The van der Waals surface area contributed by atoms with Crippen molar-refractivity contribution in [2.45, 2.75) is 25.9 Å². The molecule has 1 aromatic heterocycles. The van der Waals surface area contributed by atoms with Crippen LogP contribution in [-0.2, 0) is 0 Å². The van der Waals surface area contributed by atoms with E-state index >= 15 is 0 Å². The van der Waals surface area contributed by atoms with E-state index in [2.05, 4.69) is 22.4 Å². The van der Waals surface area contributed by atoms with Gasteiger partial charge in [0.05, 0.1) is 11.6 Å². The molecule has 1 heterocycles. The Bertz CT molecular complexity index is 477. The first kappa shape index (κ1) is 11.9. The monoisotopic (exact) mass is 230 g/mol. The number of hydrogen-bond acceptors (Lipinski definition) is 3. The summed E-state index contributed by atoms with van der Waals surface area (Å²) in [5.74, 6) is 0. The minimum absolute atomic E-state index is 0.217. The Labute approximate surface area is 102 Å². The lowest BCUT2D eigenvalue weighted by Crippen LogP contribution is -2.06. The van der Waals surface area contributed by atoms with Gasteiger partial charge in [0.2, 0.25) is 0 Å². The SMILES string of the molecule is CC(O)CCCNc1cccc2ncccc12. The molecule has 0 spiro atoms. The van der Waals surface area contributed by atoms with Crippen molar-refractivity contribution in [1.29, 1.82) is 0 Å². The van der Waals surface area contributed by atoms with Gasteiger partial charge in [-0.15, -0.1) is 0 Å². The fraction of sp³-hybridized carbons (Fsp3) is 0.357. The predicted octanol–water partition coefficient (Wildman–Crippen LogP) is 2.81. The third-order valence-corrected chi connectivity index (χ3v) is 2.76. The summed E-state index contributed by atoms with van der Waals surface area (Å²) in [6.45, 7) is 2.70. The smallest absolute Gasteiger partial charge is 0.0722 e. The van der Waals surface area contributed by atoms with Gasteiger partial charge < -0.3 is 10.4 Å². The third-order valence-electron chi connectivity index (χ3n) is 2.76. The second-order valence-corrected chi connectivity index (χ2v) is 4.29. The van der Waals surface area contributed by atoms with Gasteiger partial charge in [0.25, 0.3) is 0 Å². The molecule has 1 unspecified atom stereocenters. The van der Waals surface area contributed by atoms with Crippen LogP contribution in [0.15, 0.2) is 36.5 Å². The van der Waals surface area contributed by atoms with Gasteiger partial charge in [-0.3, -0.25) is 4.98 Å². The zero-order valence-electron chi connectivity index (χ0n) is 10.1. The van der Waals surface area contributed by atoms with Gasteiger partial charge in [-0.25, -0.2) is 0 Å². The van der Waals surface area contributed by atoms with Gasteiger partial charge in [-0.05, 0) is 44.0 Å². The minimum Gasteiger partial charge on any atom is -0.393 e. The van der Waals surface area contributed by atoms with Gasteiger partial charge in [0, 0.05) is 23.8 Å². The Morgan fingerprint density at radius 1 is 1.29 bits per heavy atom. The van der Waals surface area contributed by atoms with Crippen LogP contribution in [0, 0.1) is 0 Å². The summed E-state index contributed by atoms with van der Waals surface area (Å²) in [6, 6.07) is 10.1. The molecule has 0 aliphatic rings. The normalized spacial score (nSPS) is 12.6. The van der Waals surface area contributed by atoms with Gasteiger partial charge in [0.15, 0.2) is 0 Å². The number of benzene rings is 1. The molecule has 3 heteroatoms. The van der Waals surface area contributed by atoms with Crippen molar-refractivity contribution >= 4 is 16.6 Å². The Balaban J connectivity index is 2.03. The number of aliphatic hydroxyl groups is 1. The Kier molecular flexibility index (Phi) is 3.94. The predicted molar refractivity (Wildman–Crippen MR) is 71.1 cm³/mol. The molecule has 0 fully saturated rings. The van der Waals surface area contributed by atoms with Gasteiger partial charge in [-0.1, -0.05) is 6.07 Å². The fourth-order valence-corrected chi connectivity index (χ4v) is 1.88. The number of hydrogen-bond donors (Lipinski definition) is 2. The van der Waals surface area contributed by atoms with E-state index in [1.165, 1.54) is 0 Å². The molecule has 90 valence electrons. The van der Waals surface area contributed by atoms with Crippen molar-refractivity contribution in [2.75, 3.05) is 11.9 Å². The Morgan fingerprint density at radius 3 is 3.00 bits per heavy atom. The van der Waals surface area contributed by atoms with E-state index in [1.807, 2.05) is 25.1 Å². The molecule has 0 saturated carbocycles. The maximum absolute atomic E-state index is 9.18. The molecule has 0 amide bonds. The van der Waals surface area contributed by atoms with E-state index in [4.69, 9.17) is 0 Å². The average molecular weight is 230 g/mol. The second kappa shape index (κ2) is 5.64. The molecule has 1 aromatic carbocycles. The molecule has 0 aliphatic heterocycles. The van der Waals surface area contributed by atoms with E-state index < -0.39 is 0 Å². The van der Waals surface area contributed by atoms with Crippen molar-refractivity contribution in [3.05, 3.63) is 36.5 Å². The molecule has 2 rings (SSSR count). The Morgan fingerprint density at radius 2 is 2.18 bits per heavy atom. The molecule has 17 heavy (non-hydrogen) atoms. The quantitative estimate of drug-likeness (QED) is 0.776. The van der Waals surface area contributed by atoms with Crippen LogP contribution in [0.4, 0.5) is 5.69 Å². The number of fused-ring (bicyclic) bond motifs is 1. The van der Waals surface area contributed by atoms with E-state index in [-0.39, 0.29) is 6.10 Å². The summed E-state index contributed by atoms with van der Waals surface area (Å²) in [5.41, 5.74) is 2.12. The molecule has 1 atom stereocenters. The van der Waals surface area contributed by atoms with Crippen molar-refractivity contribution in [3.63, 3.8) is 0 Å². The molecule has 0 bridgehead atoms. The number of pyridine rings is 1. The van der Waals surface area contributed by atoms with E-state index in [9.17, 15) is 5.11 Å². The van der Waals surface area contributed by atoms with Crippen LogP contribution in [0.2, 0.25) is 0 Å². The highest BCUT2D eigenvalue weighted by Gasteiger charge is 2.00. The van der Waals surface area contributed by atoms with E-state index in [0.29, 0.717) is 0 Å². The topological polar surface area (TPSA) is 45.1 Å². The van der Waals surface area contributed by atoms with Gasteiger partial charge in [-0.2, -0.15) is 0 Å². The van der Waals surface area contributed by atoms with Gasteiger partial charge >= 0.3 is 0 Å². The molecule has 0 saturated heterocycles. The Hall–Kier alpha value is -1.61. The number of nitrogens with one attached hydrogen (secondary N) is 1. The van der Waals surface area contributed by atoms with E-state index in [0.717, 1.165) is 36.0 Å². The lowest BCUT2D eigenvalue weighted by atomic mass is 10.1. The molecule has 2 N–H and O–H groups in total. The number of rotatable bonds is 5. The molecule has 3 nitrogen and oxygen atoms in total. The number of aliphatic hydroxyl groups excluding tert-OH is 1. The summed E-state index contributed by atoms with van der Waals surface area (Å²) in [6.07, 6.45) is 3.38. The van der Waals surface area contributed by atoms with Gasteiger partial charge in [0.1, 0.15) is 0 Å². The molecule has 2 aromatic rings. The van der Waals surface area contributed by atoms with E-state index in [1.54, 1.807) is 6.20 Å². The van der Waals surface area contributed by atoms with Crippen LogP contribution in [0.1, 0.15) is 19.8 Å². The van der Waals surface area contributed by atoms with Crippen molar-refractivity contribution in [2.24, 2.45) is 0 Å². The minimum atomic E-state index is -0.217. The maximum Gasteiger partial charge on any atom is 0.0722 e. The summed E-state index contributed by atoms with van der Waals surface area (Å²) in [5, 5.41) is 13.7. The summed E-state index contributed by atoms with van der Waals surface area (Å²) in [4.78, 5) is 4.32. The zero-order valence-corrected chi connectivity index (χ0v) is 10.1. The summed E-state index contributed by atoms with van der Waals surface area (Å²) in [7, 11) is 0. The highest BCUT2D eigenvalue weighted by molar-refractivity contribution is 5.91. The third kappa shape index (κ3) is 3.17. The number of anilines is 1. The molecular weight excluding hydrogens is 212 g/mol. The first-order chi connectivity index (χ1) is 8.27. The second-order valence-electron chi connectivity index (χ2n) is 4.29. The lowest BCUT2D eigenvalue weighted by molar-refractivity contribution is 0.183. The number of nitrogens with zero attached hydrogens (tertiary/aromatic N) is 1. The largest absolute Gasteiger partial charge is 0.393 e. The summed E-state index contributed by atoms with van der Waals surface area (Å²) >= 11 is 0. The summed E-state index contributed by atoms with van der Waals surface area (Å²) < 4.78 is 0. The van der Waals surface area contributed by atoms with Crippen LogP contribution in [0.3, 0.4) is 0 Å². The average Bonchev–Trinajstić information content (AvgIpc) is 2.34. The first-order valence-electron chi connectivity index (χ1n) is 6.03. The van der Waals surface area contributed by atoms with Crippen molar-refractivity contribution in [1.82, 2.24) is 4.98 Å². The lowest BCUT2D eigenvalue weighted by Gasteiger charge is -2.09. The van der Waals surface area contributed by atoms with Crippen LogP contribution in [0.5, 0.6) is 0 Å². The highest BCUT2D eigenvalue weighted by Crippen LogP contribution is 2.21. The molecular formula is C14H18N2O. The molecule has 0 radical (unpaired) electrons. The van der Waals surface area contributed by atoms with Crippen LogP contribution in [0.25, 0.3) is 10.9 Å².